The number of nitrogens with one attached hydrogen (secondary N) is 1. The molecule has 0 unspecified atom stereocenters. The third-order valence-corrected chi connectivity index (χ3v) is 5.41. The number of rotatable bonds is 6. The van der Waals surface area contributed by atoms with Gasteiger partial charge in [0.05, 0.1) is 18.1 Å². The summed E-state index contributed by atoms with van der Waals surface area (Å²) in [6, 6.07) is 12.3. The molecule has 0 saturated carbocycles. The van der Waals surface area contributed by atoms with Gasteiger partial charge in [0.1, 0.15) is 17.1 Å². The van der Waals surface area contributed by atoms with Crippen molar-refractivity contribution in [3.8, 4) is 22.6 Å². The number of aryl methyl sites for hydroxylation is 1. The molecular formula is C24H20F2N4O5. The molecule has 0 aliphatic heterocycles. The van der Waals surface area contributed by atoms with Crippen LogP contribution in [0.15, 0.2) is 64.3 Å². The molecule has 11 heteroatoms. The van der Waals surface area contributed by atoms with E-state index < -0.39 is 23.8 Å². The monoisotopic (exact) mass is 482 g/mol. The molecule has 2 aromatic carbocycles. The number of pyridine rings is 1. The lowest BCUT2D eigenvalue weighted by Crippen LogP contribution is -2.37. The van der Waals surface area contributed by atoms with E-state index >= 15 is 0 Å². The van der Waals surface area contributed by atoms with Crippen molar-refractivity contribution < 1.29 is 23.0 Å². The maximum atomic E-state index is 12.9. The Morgan fingerprint density at radius 3 is 2.40 bits per heavy atom. The number of carbonyl (C=O) groups is 1. The predicted octanol–water partition coefficient (Wildman–Crippen LogP) is 3.16. The number of fused-ring (bicyclic) bond motifs is 1. The molecule has 35 heavy (non-hydrogen) atoms. The minimum Gasteiger partial charge on any atom is -0.497 e. The van der Waals surface area contributed by atoms with E-state index in [0.717, 1.165) is 4.57 Å². The molecule has 0 aliphatic rings. The highest BCUT2D eigenvalue weighted by Crippen LogP contribution is 2.34. The molecule has 4 aromatic rings. The molecule has 0 bridgehead atoms. The highest BCUT2D eigenvalue weighted by atomic mass is 19.3. The SMILES string of the molecule is COc1ccc(-c2cc(NC(=O)c3cnc4c(c3)c(=O)n(C)c(=O)n4C)ccc2OC(F)F)cc1. The first-order valence-corrected chi connectivity index (χ1v) is 10.3. The number of methoxy groups -OCH3 is 1. The molecule has 0 aliphatic carbocycles. The zero-order chi connectivity index (χ0) is 25.3. The summed E-state index contributed by atoms with van der Waals surface area (Å²) in [4.78, 5) is 41.6. The Morgan fingerprint density at radius 2 is 1.74 bits per heavy atom. The van der Waals surface area contributed by atoms with Gasteiger partial charge in [-0.3, -0.25) is 18.7 Å². The number of halogens is 2. The molecule has 0 radical (unpaired) electrons. The Labute approximate surface area is 197 Å². The molecule has 0 spiro atoms. The summed E-state index contributed by atoms with van der Waals surface area (Å²) in [5.74, 6) is -0.0690. The lowest BCUT2D eigenvalue weighted by atomic mass is 10.0. The molecular weight excluding hydrogens is 462 g/mol. The van der Waals surface area contributed by atoms with E-state index in [2.05, 4.69) is 15.0 Å². The van der Waals surface area contributed by atoms with Gasteiger partial charge in [0.15, 0.2) is 0 Å². The van der Waals surface area contributed by atoms with Crippen LogP contribution in [0.2, 0.25) is 0 Å². The van der Waals surface area contributed by atoms with Gasteiger partial charge in [-0.1, -0.05) is 12.1 Å². The summed E-state index contributed by atoms with van der Waals surface area (Å²) >= 11 is 0. The molecule has 2 heterocycles. The second-order valence-electron chi connectivity index (χ2n) is 7.57. The fraction of sp³-hybridized carbons (Fsp3) is 0.167. The van der Waals surface area contributed by atoms with E-state index in [9.17, 15) is 23.2 Å². The Bertz CT molecular complexity index is 1550. The number of aromatic nitrogens is 3. The van der Waals surface area contributed by atoms with Gasteiger partial charge in [-0.2, -0.15) is 8.78 Å². The minimum atomic E-state index is -3.03. The second kappa shape index (κ2) is 9.37. The molecule has 2 aromatic heterocycles. The third kappa shape index (κ3) is 4.60. The van der Waals surface area contributed by atoms with Crippen molar-refractivity contribution in [2.45, 2.75) is 6.61 Å². The summed E-state index contributed by atoms with van der Waals surface area (Å²) < 4.78 is 37.8. The van der Waals surface area contributed by atoms with Crippen LogP contribution < -0.4 is 26.0 Å². The molecule has 9 nitrogen and oxygen atoms in total. The number of nitrogens with zero attached hydrogens (tertiary/aromatic N) is 3. The molecule has 1 N–H and O–H groups in total. The maximum absolute atomic E-state index is 12.9. The number of benzene rings is 2. The number of amides is 1. The van der Waals surface area contributed by atoms with Gasteiger partial charge in [-0.25, -0.2) is 9.78 Å². The van der Waals surface area contributed by atoms with Crippen LogP contribution in [0.25, 0.3) is 22.2 Å². The van der Waals surface area contributed by atoms with Crippen molar-refractivity contribution in [1.29, 1.82) is 0 Å². The molecule has 1 amide bonds. The Balaban J connectivity index is 1.70. The van der Waals surface area contributed by atoms with Crippen molar-refractivity contribution in [2.24, 2.45) is 14.1 Å². The van der Waals surface area contributed by atoms with E-state index in [4.69, 9.17) is 4.74 Å². The fourth-order valence-corrected chi connectivity index (χ4v) is 3.60. The smallest absolute Gasteiger partial charge is 0.387 e. The number of hydrogen-bond acceptors (Lipinski definition) is 6. The average Bonchev–Trinajstić information content (AvgIpc) is 2.86. The summed E-state index contributed by atoms with van der Waals surface area (Å²) in [7, 11) is 4.31. The highest BCUT2D eigenvalue weighted by molar-refractivity contribution is 6.06. The zero-order valence-electron chi connectivity index (χ0n) is 18.9. The Hall–Kier alpha value is -4.54. The van der Waals surface area contributed by atoms with E-state index in [1.54, 1.807) is 24.3 Å². The zero-order valence-corrected chi connectivity index (χ0v) is 18.9. The number of anilines is 1. The van der Waals surface area contributed by atoms with Crippen LogP contribution in [0.5, 0.6) is 11.5 Å². The highest BCUT2D eigenvalue weighted by Gasteiger charge is 2.16. The summed E-state index contributed by atoms with van der Waals surface area (Å²) in [5.41, 5.74) is 0.290. The number of hydrogen-bond donors (Lipinski definition) is 1. The van der Waals surface area contributed by atoms with Crippen LogP contribution in [0.4, 0.5) is 14.5 Å². The Morgan fingerprint density at radius 1 is 1.03 bits per heavy atom. The first-order chi connectivity index (χ1) is 16.7. The standard InChI is InChI=1S/C24H20F2N4O5/c1-29-20-18(22(32)30(2)24(29)33)10-14(12-27-20)21(31)28-15-6-9-19(35-23(25)26)17(11-15)13-4-7-16(34-3)8-5-13/h4-12,23H,1-3H3,(H,28,31). The van der Waals surface area contributed by atoms with Gasteiger partial charge in [0.25, 0.3) is 11.5 Å². The van der Waals surface area contributed by atoms with Crippen LogP contribution >= 0.6 is 0 Å². The summed E-state index contributed by atoms with van der Waals surface area (Å²) in [5, 5.41) is 2.77. The van der Waals surface area contributed by atoms with Crippen molar-refractivity contribution >= 4 is 22.6 Å². The lowest BCUT2D eigenvalue weighted by Gasteiger charge is -2.14. The van der Waals surface area contributed by atoms with Crippen molar-refractivity contribution in [1.82, 2.24) is 14.1 Å². The third-order valence-electron chi connectivity index (χ3n) is 5.41. The normalized spacial score (nSPS) is 11.0. The minimum absolute atomic E-state index is 0.0695. The summed E-state index contributed by atoms with van der Waals surface area (Å²) in [6.07, 6.45) is 1.25. The van der Waals surface area contributed by atoms with Crippen LogP contribution in [0.3, 0.4) is 0 Å². The van der Waals surface area contributed by atoms with E-state index in [0.29, 0.717) is 22.6 Å². The molecule has 0 fully saturated rings. The number of ether oxygens (including phenoxy) is 2. The van der Waals surface area contributed by atoms with Crippen molar-refractivity contribution in [2.75, 3.05) is 12.4 Å². The fourth-order valence-electron chi connectivity index (χ4n) is 3.60. The van der Waals surface area contributed by atoms with Crippen LogP contribution in [0, 0.1) is 0 Å². The lowest BCUT2D eigenvalue weighted by molar-refractivity contribution is -0.0494. The first-order valence-electron chi connectivity index (χ1n) is 10.3. The Kier molecular flexibility index (Phi) is 6.32. The van der Waals surface area contributed by atoms with Gasteiger partial charge in [-0.05, 0) is 42.0 Å². The van der Waals surface area contributed by atoms with Crippen molar-refractivity contribution in [3.05, 3.63) is 81.1 Å². The van der Waals surface area contributed by atoms with Gasteiger partial charge in [0.2, 0.25) is 0 Å². The quantitative estimate of drug-likeness (QED) is 0.453. The van der Waals surface area contributed by atoms with Gasteiger partial charge in [-0.15, -0.1) is 0 Å². The molecule has 4 rings (SSSR count). The van der Waals surface area contributed by atoms with Gasteiger partial charge < -0.3 is 14.8 Å². The van der Waals surface area contributed by atoms with Gasteiger partial charge >= 0.3 is 12.3 Å². The second-order valence-corrected chi connectivity index (χ2v) is 7.57. The van der Waals surface area contributed by atoms with E-state index in [1.807, 2.05) is 0 Å². The van der Waals surface area contributed by atoms with Crippen LogP contribution in [-0.2, 0) is 14.1 Å². The van der Waals surface area contributed by atoms with Gasteiger partial charge in [0, 0.05) is 31.5 Å². The largest absolute Gasteiger partial charge is 0.497 e. The predicted molar refractivity (Wildman–Crippen MR) is 125 cm³/mol. The number of alkyl halides is 2. The van der Waals surface area contributed by atoms with E-state index in [-0.39, 0.29) is 22.3 Å². The summed E-state index contributed by atoms with van der Waals surface area (Å²) in [6.45, 7) is -3.03. The maximum Gasteiger partial charge on any atom is 0.387 e. The topological polar surface area (TPSA) is 104 Å². The molecule has 0 saturated heterocycles. The molecule has 0 atom stereocenters. The van der Waals surface area contributed by atoms with E-state index in [1.165, 1.54) is 56.2 Å². The first kappa shape index (κ1) is 23.6. The average molecular weight is 482 g/mol. The van der Waals surface area contributed by atoms with Crippen LogP contribution in [-0.4, -0.2) is 33.7 Å². The van der Waals surface area contributed by atoms with Crippen LogP contribution in [0.1, 0.15) is 10.4 Å². The van der Waals surface area contributed by atoms with Crippen molar-refractivity contribution in [3.63, 3.8) is 0 Å². The molecule has 180 valence electrons. The number of carbonyl (C=O) groups excluding carboxylic acids is 1.